The van der Waals surface area contributed by atoms with E-state index in [4.69, 9.17) is 9.47 Å². The van der Waals surface area contributed by atoms with Crippen LogP contribution in [-0.2, 0) is 9.84 Å². The first-order valence-electron chi connectivity index (χ1n) is 6.89. The van der Waals surface area contributed by atoms with Crippen molar-refractivity contribution < 1.29 is 17.9 Å². The normalized spacial score (nSPS) is 15.9. The van der Waals surface area contributed by atoms with Crippen LogP contribution in [-0.4, -0.2) is 39.7 Å². The van der Waals surface area contributed by atoms with Gasteiger partial charge in [0.15, 0.2) is 21.3 Å². The summed E-state index contributed by atoms with van der Waals surface area (Å²) in [7, 11) is -3.04. The van der Waals surface area contributed by atoms with Gasteiger partial charge in [0, 0.05) is 11.8 Å². The summed E-state index contributed by atoms with van der Waals surface area (Å²) in [5.41, 5.74) is 0.910. The van der Waals surface area contributed by atoms with Crippen molar-refractivity contribution >= 4 is 9.84 Å². The zero-order chi connectivity index (χ0) is 14.6. The highest BCUT2D eigenvalue weighted by Crippen LogP contribution is 2.32. The lowest BCUT2D eigenvalue weighted by molar-refractivity contribution is 0.171. The van der Waals surface area contributed by atoms with E-state index in [2.05, 4.69) is 5.32 Å². The minimum Gasteiger partial charge on any atom is -0.486 e. The lowest BCUT2D eigenvalue weighted by atomic mass is 10.1. The molecule has 0 bridgehead atoms. The Labute approximate surface area is 120 Å². The lowest BCUT2D eigenvalue weighted by Crippen LogP contribution is -2.29. The maximum atomic E-state index is 11.9. The van der Waals surface area contributed by atoms with Gasteiger partial charge >= 0.3 is 0 Å². The number of sulfone groups is 1. The van der Waals surface area contributed by atoms with Crippen molar-refractivity contribution in [2.24, 2.45) is 0 Å². The Bertz CT molecular complexity index is 556. The van der Waals surface area contributed by atoms with Gasteiger partial charge in [-0.25, -0.2) is 8.42 Å². The van der Waals surface area contributed by atoms with Crippen LogP contribution in [0.3, 0.4) is 0 Å². The second-order valence-corrected chi connectivity index (χ2v) is 7.11. The summed E-state index contributed by atoms with van der Waals surface area (Å²) < 4.78 is 34.7. The highest BCUT2D eigenvalue weighted by molar-refractivity contribution is 7.91. The molecule has 0 fully saturated rings. The maximum absolute atomic E-state index is 11.9. The Balaban J connectivity index is 2.25. The van der Waals surface area contributed by atoms with Crippen LogP contribution in [0.1, 0.15) is 25.5 Å². The van der Waals surface area contributed by atoms with Crippen LogP contribution in [0.25, 0.3) is 0 Å². The largest absolute Gasteiger partial charge is 0.486 e. The summed E-state index contributed by atoms with van der Waals surface area (Å²) in [5.74, 6) is 1.65. The number of hydrogen-bond donors (Lipinski definition) is 1. The third kappa shape index (κ3) is 3.64. The topological polar surface area (TPSA) is 64.6 Å². The number of nitrogens with one attached hydrogen (secondary N) is 1. The first-order chi connectivity index (χ1) is 9.55. The van der Waals surface area contributed by atoms with Gasteiger partial charge in [-0.15, -0.1) is 0 Å². The van der Waals surface area contributed by atoms with E-state index in [-0.39, 0.29) is 17.5 Å². The second kappa shape index (κ2) is 6.45. The predicted octanol–water partition coefficient (Wildman–Crippen LogP) is 1.54. The maximum Gasteiger partial charge on any atom is 0.161 e. The third-order valence-corrected chi connectivity index (χ3v) is 5.00. The third-order valence-electron chi connectivity index (χ3n) is 3.28. The molecule has 2 rings (SSSR count). The first kappa shape index (κ1) is 15.1. The molecule has 0 amide bonds. The molecule has 6 heteroatoms. The summed E-state index contributed by atoms with van der Waals surface area (Å²) >= 11 is 0. The summed E-state index contributed by atoms with van der Waals surface area (Å²) in [6.45, 7) is 5.41. The first-order valence-corrected chi connectivity index (χ1v) is 8.71. The van der Waals surface area contributed by atoms with Crippen LogP contribution in [0.15, 0.2) is 18.2 Å². The lowest BCUT2D eigenvalue weighted by Gasteiger charge is -2.22. The number of ether oxygens (including phenoxy) is 2. The molecule has 1 unspecified atom stereocenters. The van der Waals surface area contributed by atoms with Crippen LogP contribution in [0.2, 0.25) is 0 Å². The SMILES string of the molecule is CCNC(CS(=O)(=O)CC)c1ccc2c(c1)OCCO2. The molecule has 1 atom stereocenters. The van der Waals surface area contributed by atoms with Gasteiger partial charge in [0.05, 0.1) is 5.75 Å². The Hall–Kier alpha value is -1.27. The van der Waals surface area contributed by atoms with E-state index < -0.39 is 9.84 Å². The van der Waals surface area contributed by atoms with Gasteiger partial charge in [0.25, 0.3) is 0 Å². The zero-order valence-corrected chi connectivity index (χ0v) is 12.7. The summed E-state index contributed by atoms with van der Waals surface area (Å²) in [6.07, 6.45) is 0. The van der Waals surface area contributed by atoms with Gasteiger partial charge in [0.2, 0.25) is 0 Å². The molecule has 1 N–H and O–H groups in total. The van der Waals surface area contributed by atoms with E-state index in [0.29, 0.717) is 31.3 Å². The summed E-state index contributed by atoms with van der Waals surface area (Å²) in [4.78, 5) is 0. The molecule has 112 valence electrons. The molecule has 5 nitrogen and oxygen atoms in total. The Morgan fingerprint density at radius 3 is 2.55 bits per heavy atom. The molecular formula is C14H21NO4S. The van der Waals surface area contributed by atoms with Gasteiger partial charge in [-0.05, 0) is 24.2 Å². The highest BCUT2D eigenvalue weighted by atomic mass is 32.2. The highest BCUT2D eigenvalue weighted by Gasteiger charge is 2.21. The predicted molar refractivity (Wildman–Crippen MR) is 78.2 cm³/mol. The second-order valence-electron chi connectivity index (χ2n) is 4.71. The zero-order valence-electron chi connectivity index (χ0n) is 11.9. The van der Waals surface area contributed by atoms with E-state index in [1.165, 1.54) is 0 Å². The van der Waals surface area contributed by atoms with Crippen molar-refractivity contribution in [3.8, 4) is 11.5 Å². The number of rotatable bonds is 6. The van der Waals surface area contributed by atoms with Gasteiger partial charge in [0.1, 0.15) is 13.2 Å². The molecule has 0 spiro atoms. The van der Waals surface area contributed by atoms with Gasteiger partial charge in [-0.1, -0.05) is 19.9 Å². The van der Waals surface area contributed by atoms with Gasteiger partial charge < -0.3 is 14.8 Å². The van der Waals surface area contributed by atoms with E-state index >= 15 is 0 Å². The monoisotopic (exact) mass is 299 g/mol. The molecule has 1 aliphatic rings. The minimum atomic E-state index is -3.04. The molecule has 0 radical (unpaired) electrons. The number of hydrogen-bond acceptors (Lipinski definition) is 5. The number of benzene rings is 1. The van der Waals surface area contributed by atoms with Crippen molar-refractivity contribution in [3.05, 3.63) is 23.8 Å². The van der Waals surface area contributed by atoms with Crippen molar-refractivity contribution in [2.45, 2.75) is 19.9 Å². The summed E-state index contributed by atoms with van der Waals surface area (Å²) in [6, 6.07) is 5.38. The quantitative estimate of drug-likeness (QED) is 0.863. The fourth-order valence-electron chi connectivity index (χ4n) is 2.17. The minimum absolute atomic E-state index is 0.0942. The van der Waals surface area contributed by atoms with Crippen molar-refractivity contribution in [3.63, 3.8) is 0 Å². The van der Waals surface area contributed by atoms with Crippen LogP contribution >= 0.6 is 0 Å². The van der Waals surface area contributed by atoms with Crippen LogP contribution in [0.4, 0.5) is 0 Å². The van der Waals surface area contributed by atoms with Crippen LogP contribution in [0.5, 0.6) is 11.5 Å². The van der Waals surface area contributed by atoms with E-state index in [0.717, 1.165) is 5.56 Å². The smallest absolute Gasteiger partial charge is 0.161 e. The molecular weight excluding hydrogens is 278 g/mol. The molecule has 0 aliphatic carbocycles. The van der Waals surface area contributed by atoms with Crippen LogP contribution in [0, 0.1) is 0 Å². The van der Waals surface area contributed by atoms with Gasteiger partial charge in [-0.3, -0.25) is 0 Å². The fourth-order valence-corrected chi connectivity index (χ4v) is 3.22. The van der Waals surface area contributed by atoms with Crippen molar-refractivity contribution in [1.29, 1.82) is 0 Å². The Morgan fingerprint density at radius 2 is 1.90 bits per heavy atom. The number of fused-ring (bicyclic) bond motifs is 1. The van der Waals surface area contributed by atoms with E-state index in [1.807, 2.05) is 25.1 Å². The molecule has 1 aromatic carbocycles. The average Bonchev–Trinajstić information content (AvgIpc) is 2.46. The Kier molecular flexibility index (Phi) is 4.88. The van der Waals surface area contributed by atoms with Crippen LogP contribution < -0.4 is 14.8 Å². The fraction of sp³-hybridized carbons (Fsp3) is 0.571. The van der Waals surface area contributed by atoms with Crippen molar-refractivity contribution in [2.75, 3.05) is 31.3 Å². The van der Waals surface area contributed by atoms with Gasteiger partial charge in [-0.2, -0.15) is 0 Å². The van der Waals surface area contributed by atoms with E-state index in [1.54, 1.807) is 6.92 Å². The van der Waals surface area contributed by atoms with Crippen molar-refractivity contribution in [1.82, 2.24) is 5.32 Å². The molecule has 0 saturated carbocycles. The molecule has 20 heavy (non-hydrogen) atoms. The molecule has 1 heterocycles. The Morgan fingerprint density at radius 1 is 1.20 bits per heavy atom. The van der Waals surface area contributed by atoms with E-state index in [9.17, 15) is 8.42 Å². The summed E-state index contributed by atoms with van der Waals surface area (Å²) in [5, 5.41) is 3.22. The molecule has 1 aromatic rings. The average molecular weight is 299 g/mol. The molecule has 0 saturated heterocycles. The molecule has 1 aliphatic heterocycles. The molecule has 0 aromatic heterocycles. The standard InChI is InChI=1S/C14H21NO4S/c1-3-15-12(10-20(16,17)4-2)11-5-6-13-14(9-11)19-8-7-18-13/h5-6,9,12,15H,3-4,7-8,10H2,1-2H3.